The molecule has 9 unspecified atom stereocenters. The highest BCUT2D eigenvalue weighted by Gasteiger charge is 2.76. The standard InChI is InChI=1S/C26H36O8/c1-12-16-8-9-18-25(7)11-17(32-13(2)27)23(34-15(4)29)24(5,6)19(25)10-20(33-14(3)28)26(18,21(12)30)22(16)31/h16-20,22-23,31H,1,8-11H2,2-7H3. The van der Waals surface area contributed by atoms with Crippen LogP contribution < -0.4 is 0 Å². The summed E-state index contributed by atoms with van der Waals surface area (Å²) in [6, 6.07) is 0. The minimum Gasteiger partial charge on any atom is -0.461 e. The van der Waals surface area contributed by atoms with Crippen molar-refractivity contribution in [1.82, 2.24) is 0 Å². The monoisotopic (exact) mass is 476 g/mol. The van der Waals surface area contributed by atoms with Crippen molar-refractivity contribution in [2.45, 2.75) is 91.6 Å². The first-order valence-electron chi connectivity index (χ1n) is 12.1. The van der Waals surface area contributed by atoms with Crippen LogP contribution in [0.4, 0.5) is 0 Å². The number of ether oxygens (including phenoxy) is 3. The van der Waals surface area contributed by atoms with Crippen LogP contribution in [-0.2, 0) is 33.4 Å². The first kappa shape index (κ1) is 24.9. The average molecular weight is 477 g/mol. The predicted molar refractivity (Wildman–Crippen MR) is 120 cm³/mol. The topological polar surface area (TPSA) is 116 Å². The molecule has 0 heterocycles. The Morgan fingerprint density at radius 2 is 1.53 bits per heavy atom. The molecule has 1 N–H and O–H groups in total. The fourth-order valence-corrected chi connectivity index (χ4v) is 8.47. The smallest absolute Gasteiger partial charge is 0.303 e. The molecule has 188 valence electrons. The summed E-state index contributed by atoms with van der Waals surface area (Å²) in [5.74, 6) is -2.49. The van der Waals surface area contributed by atoms with Gasteiger partial charge < -0.3 is 19.3 Å². The molecule has 4 saturated carbocycles. The summed E-state index contributed by atoms with van der Waals surface area (Å²) in [6.07, 6.45) is -1.25. The van der Waals surface area contributed by atoms with E-state index in [0.29, 0.717) is 31.3 Å². The molecule has 0 amide bonds. The van der Waals surface area contributed by atoms with Gasteiger partial charge in [-0.15, -0.1) is 0 Å². The Balaban J connectivity index is 1.89. The van der Waals surface area contributed by atoms with Crippen molar-refractivity contribution in [3.8, 4) is 0 Å². The fraction of sp³-hybridized carbons (Fsp3) is 0.769. The van der Waals surface area contributed by atoms with E-state index in [2.05, 4.69) is 13.5 Å². The van der Waals surface area contributed by atoms with Crippen molar-refractivity contribution in [2.24, 2.45) is 34.0 Å². The van der Waals surface area contributed by atoms with Crippen molar-refractivity contribution in [1.29, 1.82) is 0 Å². The van der Waals surface area contributed by atoms with Crippen molar-refractivity contribution in [3.63, 3.8) is 0 Å². The molecule has 4 aliphatic carbocycles. The zero-order chi connectivity index (χ0) is 25.4. The summed E-state index contributed by atoms with van der Waals surface area (Å²) in [4.78, 5) is 50.0. The number of hydrogen-bond donors (Lipinski definition) is 1. The molecule has 0 aromatic rings. The summed E-state index contributed by atoms with van der Waals surface area (Å²) < 4.78 is 17.3. The van der Waals surface area contributed by atoms with Crippen LogP contribution >= 0.6 is 0 Å². The molecule has 8 nitrogen and oxygen atoms in total. The second-order valence-electron chi connectivity index (χ2n) is 11.6. The zero-order valence-electron chi connectivity index (χ0n) is 20.9. The van der Waals surface area contributed by atoms with E-state index in [1.54, 1.807) is 0 Å². The molecule has 34 heavy (non-hydrogen) atoms. The highest BCUT2D eigenvalue weighted by atomic mass is 16.6. The number of Topliss-reactive ketones (excluding diaryl/α,β-unsaturated/α-hetero) is 1. The number of carbonyl (C=O) groups excluding carboxylic acids is 4. The Labute approximate surface area is 200 Å². The van der Waals surface area contributed by atoms with Crippen molar-refractivity contribution >= 4 is 23.7 Å². The summed E-state index contributed by atoms with van der Waals surface area (Å²) in [5.41, 5.74) is -2.09. The van der Waals surface area contributed by atoms with Crippen LogP contribution in [0.5, 0.6) is 0 Å². The van der Waals surface area contributed by atoms with Gasteiger partial charge in [-0.1, -0.05) is 27.4 Å². The number of hydrogen-bond acceptors (Lipinski definition) is 8. The van der Waals surface area contributed by atoms with Crippen LogP contribution in [0.15, 0.2) is 12.2 Å². The maximum absolute atomic E-state index is 13.8. The predicted octanol–water partition coefficient (Wildman–Crippen LogP) is 2.75. The lowest BCUT2D eigenvalue weighted by Crippen LogP contribution is -2.71. The molecule has 0 radical (unpaired) electrons. The van der Waals surface area contributed by atoms with E-state index in [1.807, 2.05) is 13.8 Å². The zero-order valence-corrected chi connectivity index (χ0v) is 20.9. The third kappa shape index (κ3) is 3.20. The van der Waals surface area contributed by atoms with Crippen molar-refractivity contribution in [2.75, 3.05) is 0 Å². The lowest BCUT2D eigenvalue weighted by Gasteiger charge is -2.67. The van der Waals surface area contributed by atoms with Gasteiger partial charge in [0, 0.05) is 32.1 Å². The van der Waals surface area contributed by atoms with Crippen molar-refractivity contribution in [3.05, 3.63) is 12.2 Å². The van der Waals surface area contributed by atoms with Gasteiger partial charge >= 0.3 is 17.9 Å². The van der Waals surface area contributed by atoms with E-state index in [4.69, 9.17) is 14.2 Å². The van der Waals surface area contributed by atoms with Gasteiger partial charge in [-0.05, 0) is 48.5 Å². The highest BCUT2D eigenvalue weighted by molar-refractivity contribution is 6.04. The van der Waals surface area contributed by atoms with Gasteiger partial charge in [0.1, 0.15) is 18.3 Å². The van der Waals surface area contributed by atoms with E-state index >= 15 is 0 Å². The molecule has 9 atom stereocenters. The van der Waals surface area contributed by atoms with Crippen LogP contribution in [0.3, 0.4) is 0 Å². The van der Waals surface area contributed by atoms with Crippen molar-refractivity contribution < 1.29 is 38.5 Å². The average Bonchev–Trinajstić information content (AvgIpc) is 2.80. The molecule has 0 aliphatic heterocycles. The quantitative estimate of drug-likeness (QED) is 0.376. The first-order valence-corrected chi connectivity index (χ1v) is 12.1. The van der Waals surface area contributed by atoms with E-state index in [-0.39, 0.29) is 23.5 Å². The Bertz CT molecular complexity index is 952. The van der Waals surface area contributed by atoms with Crippen LogP contribution in [0, 0.1) is 34.0 Å². The van der Waals surface area contributed by atoms with Gasteiger partial charge in [0.25, 0.3) is 0 Å². The lowest BCUT2D eigenvalue weighted by molar-refractivity contribution is -0.266. The minimum atomic E-state index is -1.28. The Morgan fingerprint density at radius 3 is 2.09 bits per heavy atom. The number of carbonyl (C=O) groups is 4. The molecule has 4 aliphatic rings. The first-order chi connectivity index (χ1) is 15.7. The van der Waals surface area contributed by atoms with Crippen LogP contribution in [0.2, 0.25) is 0 Å². The summed E-state index contributed by atoms with van der Waals surface area (Å²) in [7, 11) is 0. The summed E-state index contributed by atoms with van der Waals surface area (Å²) in [5, 5.41) is 11.5. The normalized spacial score (nSPS) is 44.5. The Morgan fingerprint density at radius 1 is 0.941 bits per heavy atom. The fourth-order valence-electron chi connectivity index (χ4n) is 8.47. The molecular formula is C26H36O8. The third-order valence-corrected chi connectivity index (χ3v) is 9.45. The largest absolute Gasteiger partial charge is 0.461 e. The van der Waals surface area contributed by atoms with E-state index < -0.39 is 58.6 Å². The summed E-state index contributed by atoms with van der Waals surface area (Å²) >= 11 is 0. The van der Waals surface area contributed by atoms with E-state index in [0.717, 1.165) is 0 Å². The highest BCUT2D eigenvalue weighted by Crippen LogP contribution is 2.71. The van der Waals surface area contributed by atoms with Gasteiger partial charge in [-0.2, -0.15) is 0 Å². The van der Waals surface area contributed by atoms with Gasteiger partial charge in [0.05, 0.1) is 11.5 Å². The lowest BCUT2D eigenvalue weighted by atomic mass is 9.39. The number of ketones is 1. The third-order valence-electron chi connectivity index (χ3n) is 9.45. The molecule has 0 aromatic heterocycles. The molecule has 4 fully saturated rings. The van der Waals surface area contributed by atoms with Gasteiger partial charge in [0.15, 0.2) is 5.78 Å². The maximum Gasteiger partial charge on any atom is 0.303 e. The molecule has 2 bridgehead atoms. The number of aliphatic hydroxyl groups excluding tert-OH is 1. The number of rotatable bonds is 3. The molecule has 8 heteroatoms. The maximum atomic E-state index is 13.8. The second kappa shape index (κ2) is 7.90. The van der Waals surface area contributed by atoms with Crippen LogP contribution in [-0.4, -0.2) is 53.2 Å². The van der Waals surface area contributed by atoms with Crippen LogP contribution in [0.25, 0.3) is 0 Å². The number of esters is 3. The molecular weight excluding hydrogens is 440 g/mol. The van der Waals surface area contributed by atoms with Gasteiger partial charge in [-0.25, -0.2) is 0 Å². The number of fused-ring (bicyclic) bond motifs is 3. The molecule has 0 aromatic carbocycles. The number of aliphatic hydroxyl groups is 1. The van der Waals surface area contributed by atoms with E-state index in [1.165, 1.54) is 20.8 Å². The SMILES string of the molecule is C=C1C(=O)C23C(OC(C)=O)CC4C(C)(C)C(OC(C)=O)C(OC(C)=O)CC4(C)C2CCC1C3O. The van der Waals surface area contributed by atoms with E-state index in [9.17, 15) is 24.3 Å². The van der Waals surface area contributed by atoms with Crippen LogP contribution in [0.1, 0.15) is 67.2 Å². The van der Waals surface area contributed by atoms with Gasteiger partial charge in [0.2, 0.25) is 0 Å². The Hall–Kier alpha value is -2.22. The molecule has 0 saturated heterocycles. The molecule has 1 spiro atoms. The second-order valence-corrected chi connectivity index (χ2v) is 11.6. The Kier molecular flexibility index (Phi) is 5.78. The summed E-state index contributed by atoms with van der Waals surface area (Å²) in [6.45, 7) is 14.0. The minimum absolute atomic E-state index is 0.137. The molecule has 4 rings (SSSR count). The van der Waals surface area contributed by atoms with Gasteiger partial charge in [-0.3, -0.25) is 19.2 Å².